The minimum absolute atomic E-state index is 0.340. The van der Waals surface area contributed by atoms with Crippen LogP contribution in [0.25, 0.3) is 10.9 Å². The standard InChI is InChI=1S/C18H20N2O3S/c1-11-9-19-16(12(2)18(11)23-4)10-24(21)17-8-13-7-14(22-3)5-6-15(13)20-17/h5-9,20H,10H2,1-4H3. The minimum Gasteiger partial charge on any atom is -0.610 e. The Morgan fingerprint density at radius 2 is 1.96 bits per heavy atom. The molecular weight excluding hydrogens is 324 g/mol. The van der Waals surface area contributed by atoms with Gasteiger partial charge >= 0.3 is 0 Å². The van der Waals surface area contributed by atoms with E-state index in [9.17, 15) is 4.55 Å². The largest absolute Gasteiger partial charge is 0.610 e. The number of hydrogen-bond donors (Lipinski definition) is 1. The molecule has 2 aromatic heterocycles. The minimum atomic E-state index is -1.22. The molecule has 0 aliphatic heterocycles. The first-order valence-electron chi connectivity index (χ1n) is 7.57. The summed E-state index contributed by atoms with van der Waals surface area (Å²) in [7, 11) is 3.27. The van der Waals surface area contributed by atoms with Crippen LogP contribution in [-0.4, -0.2) is 28.7 Å². The van der Waals surface area contributed by atoms with Crippen LogP contribution in [0.2, 0.25) is 0 Å². The summed E-state index contributed by atoms with van der Waals surface area (Å²) in [5.41, 5.74) is 3.63. The summed E-state index contributed by atoms with van der Waals surface area (Å²) in [6.07, 6.45) is 1.76. The third-order valence-electron chi connectivity index (χ3n) is 4.07. The highest BCUT2D eigenvalue weighted by Crippen LogP contribution is 2.28. The summed E-state index contributed by atoms with van der Waals surface area (Å²) in [4.78, 5) is 7.64. The van der Waals surface area contributed by atoms with E-state index in [1.807, 2.05) is 38.1 Å². The van der Waals surface area contributed by atoms with Gasteiger partial charge < -0.3 is 19.0 Å². The van der Waals surface area contributed by atoms with E-state index in [0.717, 1.165) is 39.2 Å². The Bertz CT molecular complexity index is 876. The number of nitrogens with zero attached hydrogens (tertiary/aromatic N) is 1. The Morgan fingerprint density at radius 1 is 1.17 bits per heavy atom. The number of hydrogen-bond acceptors (Lipinski definition) is 4. The van der Waals surface area contributed by atoms with Gasteiger partial charge in [-0.25, -0.2) is 0 Å². The van der Waals surface area contributed by atoms with E-state index in [1.54, 1.807) is 20.4 Å². The van der Waals surface area contributed by atoms with E-state index in [-0.39, 0.29) is 0 Å². The summed E-state index contributed by atoms with van der Waals surface area (Å²) in [6.45, 7) is 3.89. The van der Waals surface area contributed by atoms with Crippen molar-refractivity contribution in [3.8, 4) is 11.5 Å². The fraction of sp³-hybridized carbons (Fsp3) is 0.278. The topological polar surface area (TPSA) is 70.2 Å². The molecule has 0 saturated heterocycles. The molecule has 3 rings (SSSR count). The van der Waals surface area contributed by atoms with Gasteiger partial charge in [-0.05, 0) is 32.0 Å². The smallest absolute Gasteiger partial charge is 0.224 e. The van der Waals surface area contributed by atoms with Crippen LogP contribution >= 0.6 is 0 Å². The molecule has 0 aliphatic carbocycles. The third-order valence-corrected chi connectivity index (χ3v) is 5.31. The Hall–Kier alpha value is -2.18. The molecule has 5 nitrogen and oxygen atoms in total. The molecule has 2 heterocycles. The van der Waals surface area contributed by atoms with Gasteiger partial charge in [0.15, 0.2) is 5.75 Å². The first-order valence-corrected chi connectivity index (χ1v) is 8.89. The highest BCUT2D eigenvalue weighted by molar-refractivity contribution is 7.90. The number of H-pyrrole nitrogens is 1. The number of aromatic amines is 1. The Kier molecular flexibility index (Phi) is 4.69. The molecule has 0 saturated carbocycles. The van der Waals surface area contributed by atoms with Gasteiger partial charge in [0.2, 0.25) is 5.03 Å². The van der Waals surface area contributed by atoms with Crippen LogP contribution in [0.5, 0.6) is 11.5 Å². The maximum atomic E-state index is 12.7. The van der Waals surface area contributed by atoms with Gasteiger partial charge in [0, 0.05) is 45.5 Å². The molecule has 0 aliphatic rings. The molecule has 0 radical (unpaired) electrons. The zero-order valence-electron chi connectivity index (χ0n) is 14.2. The van der Waals surface area contributed by atoms with Crippen molar-refractivity contribution in [1.29, 1.82) is 0 Å². The first kappa shape index (κ1) is 16.7. The van der Waals surface area contributed by atoms with E-state index >= 15 is 0 Å². The predicted octanol–water partition coefficient (Wildman–Crippen LogP) is 3.50. The molecule has 3 aromatic rings. The van der Waals surface area contributed by atoms with Crippen LogP contribution in [0.1, 0.15) is 16.8 Å². The lowest BCUT2D eigenvalue weighted by molar-refractivity contribution is 0.407. The van der Waals surface area contributed by atoms with E-state index in [4.69, 9.17) is 9.47 Å². The Labute approximate surface area is 144 Å². The van der Waals surface area contributed by atoms with Crippen LogP contribution < -0.4 is 9.47 Å². The maximum Gasteiger partial charge on any atom is 0.224 e. The van der Waals surface area contributed by atoms with Crippen molar-refractivity contribution >= 4 is 22.1 Å². The Balaban J connectivity index is 1.88. The summed E-state index contributed by atoms with van der Waals surface area (Å²) in [6, 6.07) is 7.62. The number of pyridine rings is 1. The van der Waals surface area contributed by atoms with Crippen molar-refractivity contribution in [2.75, 3.05) is 14.2 Å². The second-order valence-corrected chi connectivity index (χ2v) is 7.04. The number of ether oxygens (including phenoxy) is 2. The average molecular weight is 344 g/mol. The zero-order chi connectivity index (χ0) is 17.3. The highest BCUT2D eigenvalue weighted by Gasteiger charge is 2.19. The van der Waals surface area contributed by atoms with Gasteiger partial charge in [-0.1, -0.05) is 0 Å². The van der Waals surface area contributed by atoms with Crippen molar-refractivity contribution < 1.29 is 14.0 Å². The molecule has 6 heteroatoms. The molecule has 126 valence electrons. The van der Waals surface area contributed by atoms with Crippen molar-refractivity contribution in [2.24, 2.45) is 0 Å². The molecule has 1 atom stereocenters. The van der Waals surface area contributed by atoms with Crippen LogP contribution in [0.15, 0.2) is 35.5 Å². The number of nitrogens with one attached hydrogen (secondary N) is 1. The average Bonchev–Trinajstić information content (AvgIpc) is 3.01. The monoisotopic (exact) mass is 344 g/mol. The van der Waals surface area contributed by atoms with Crippen LogP contribution in [-0.2, 0) is 16.9 Å². The molecule has 0 bridgehead atoms. The summed E-state index contributed by atoms with van der Waals surface area (Å²) in [5, 5.41) is 1.66. The lowest BCUT2D eigenvalue weighted by Gasteiger charge is -2.13. The van der Waals surface area contributed by atoms with Gasteiger partial charge in [-0.15, -0.1) is 0 Å². The number of aryl methyl sites for hydroxylation is 1. The molecule has 0 fully saturated rings. The van der Waals surface area contributed by atoms with E-state index in [1.165, 1.54) is 0 Å². The summed E-state index contributed by atoms with van der Waals surface area (Å²) < 4.78 is 23.4. The summed E-state index contributed by atoms with van der Waals surface area (Å²) in [5.74, 6) is 1.92. The zero-order valence-corrected chi connectivity index (χ0v) is 15.0. The van der Waals surface area contributed by atoms with Crippen molar-refractivity contribution in [2.45, 2.75) is 24.6 Å². The fourth-order valence-corrected chi connectivity index (χ4v) is 3.93. The van der Waals surface area contributed by atoms with Crippen molar-refractivity contribution in [3.63, 3.8) is 0 Å². The highest BCUT2D eigenvalue weighted by atomic mass is 32.2. The molecule has 0 amide bonds. The molecule has 24 heavy (non-hydrogen) atoms. The number of benzene rings is 1. The lowest BCUT2D eigenvalue weighted by atomic mass is 10.1. The van der Waals surface area contributed by atoms with Gasteiger partial charge in [0.1, 0.15) is 11.5 Å². The van der Waals surface area contributed by atoms with Gasteiger partial charge in [-0.2, -0.15) is 0 Å². The fourth-order valence-electron chi connectivity index (χ4n) is 2.75. The normalized spacial score (nSPS) is 12.4. The second kappa shape index (κ2) is 6.75. The second-order valence-electron chi connectivity index (χ2n) is 5.62. The Morgan fingerprint density at radius 3 is 2.67 bits per heavy atom. The van der Waals surface area contributed by atoms with E-state index in [2.05, 4.69) is 9.97 Å². The van der Waals surface area contributed by atoms with E-state index in [0.29, 0.717) is 10.8 Å². The third kappa shape index (κ3) is 3.07. The van der Waals surface area contributed by atoms with E-state index < -0.39 is 11.2 Å². The molecule has 1 unspecified atom stereocenters. The molecular formula is C18H20N2O3S. The molecule has 1 N–H and O–H groups in total. The van der Waals surface area contributed by atoms with Crippen molar-refractivity contribution in [1.82, 2.24) is 9.97 Å². The first-order chi connectivity index (χ1) is 11.5. The van der Waals surface area contributed by atoms with Crippen LogP contribution in [0.4, 0.5) is 0 Å². The number of rotatable bonds is 5. The van der Waals surface area contributed by atoms with Gasteiger partial charge in [-0.3, -0.25) is 4.98 Å². The quantitative estimate of drug-likeness (QED) is 0.719. The molecule has 1 aromatic carbocycles. The lowest BCUT2D eigenvalue weighted by Crippen LogP contribution is -2.09. The maximum absolute atomic E-state index is 12.7. The number of aromatic nitrogens is 2. The van der Waals surface area contributed by atoms with Crippen molar-refractivity contribution in [3.05, 3.63) is 47.3 Å². The van der Waals surface area contributed by atoms with Gasteiger partial charge in [0.05, 0.1) is 19.9 Å². The van der Waals surface area contributed by atoms with Crippen LogP contribution in [0, 0.1) is 13.8 Å². The van der Waals surface area contributed by atoms with Crippen LogP contribution in [0.3, 0.4) is 0 Å². The number of fused-ring (bicyclic) bond motifs is 1. The van der Waals surface area contributed by atoms with Gasteiger partial charge in [0.25, 0.3) is 0 Å². The predicted molar refractivity (Wildman–Crippen MR) is 95.2 cm³/mol. The molecule has 0 spiro atoms. The number of methoxy groups -OCH3 is 2. The summed E-state index contributed by atoms with van der Waals surface area (Å²) >= 11 is -1.22. The SMILES string of the molecule is COc1ccc2[nH]c([S+]([O-])Cc3ncc(C)c(OC)c3C)cc2c1.